The zero-order chi connectivity index (χ0) is 18.1. The van der Waals surface area contributed by atoms with Crippen molar-refractivity contribution >= 4 is 29.0 Å². The molecule has 0 spiro atoms. The fourth-order valence-corrected chi connectivity index (χ4v) is 3.83. The summed E-state index contributed by atoms with van der Waals surface area (Å²) in [4.78, 5) is 32.2. The van der Waals surface area contributed by atoms with E-state index < -0.39 is 0 Å². The fourth-order valence-electron chi connectivity index (χ4n) is 3.63. The van der Waals surface area contributed by atoms with E-state index in [1.165, 1.54) is 5.56 Å². The van der Waals surface area contributed by atoms with E-state index in [9.17, 15) is 9.59 Å². The second-order valence-corrected chi connectivity index (χ2v) is 7.05. The van der Waals surface area contributed by atoms with Gasteiger partial charge in [0.2, 0.25) is 0 Å². The molecule has 5 nitrogen and oxygen atoms in total. The Kier molecular flexibility index (Phi) is 4.42. The van der Waals surface area contributed by atoms with Gasteiger partial charge in [-0.25, -0.2) is 0 Å². The monoisotopic (exact) mass is 365 g/mol. The van der Waals surface area contributed by atoms with Crippen LogP contribution in [0.3, 0.4) is 0 Å². The van der Waals surface area contributed by atoms with Crippen molar-refractivity contribution in [3.8, 4) is 0 Å². The Labute approximate surface area is 155 Å². The van der Waals surface area contributed by atoms with Crippen molar-refractivity contribution in [3.63, 3.8) is 0 Å². The van der Waals surface area contributed by atoms with Crippen LogP contribution >= 0.6 is 12.2 Å². The van der Waals surface area contributed by atoms with Gasteiger partial charge in [0.05, 0.1) is 10.9 Å². The lowest BCUT2D eigenvalue weighted by molar-refractivity contribution is 0.0713. The molecule has 132 valence electrons. The number of aromatic nitrogens is 2. The van der Waals surface area contributed by atoms with Crippen molar-refractivity contribution in [1.82, 2.24) is 14.9 Å². The zero-order valence-electron chi connectivity index (χ0n) is 14.2. The van der Waals surface area contributed by atoms with Gasteiger partial charge in [-0.3, -0.25) is 14.6 Å². The number of carbonyl (C=O) groups is 1. The highest BCUT2D eigenvalue weighted by atomic mass is 32.1. The van der Waals surface area contributed by atoms with Crippen molar-refractivity contribution in [1.29, 1.82) is 0 Å². The number of hydrogen-bond acceptors (Lipinski definition) is 3. The minimum atomic E-state index is -0.244. The molecule has 4 rings (SSSR count). The van der Waals surface area contributed by atoms with Gasteiger partial charge in [0.25, 0.3) is 11.5 Å². The summed E-state index contributed by atoms with van der Waals surface area (Å²) in [5.41, 5.74) is 2.26. The van der Waals surface area contributed by atoms with E-state index in [2.05, 4.69) is 34.2 Å². The molecule has 1 fully saturated rings. The molecule has 2 aromatic carbocycles. The summed E-state index contributed by atoms with van der Waals surface area (Å²) in [5.74, 6) is 0.504. The Bertz CT molecular complexity index is 1060. The molecule has 0 aliphatic carbocycles. The minimum absolute atomic E-state index is 0.00184. The van der Waals surface area contributed by atoms with Crippen LogP contribution in [0.4, 0.5) is 0 Å². The predicted octanol–water partition coefficient (Wildman–Crippen LogP) is 3.61. The molecule has 0 atom stereocenters. The number of nitrogens with one attached hydrogen (secondary N) is 2. The van der Waals surface area contributed by atoms with Crippen LogP contribution in [0.2, 0.25) is 0 Å². The number of nitrogens with zero attached hydrogens (tertiary/aromatic N) is 1. The number of rotatable bonds is 2. The number of carbonyl (C=O) groups excluding carboxylic acids is 1. The van der Waals surface area contributed by atoms with Gasteiger partial charge in [0.1, 0.15) is 0 Å². The number of fused-ring (bicyclic) bond motifs is 1. The van der Waals surface area contributed by atoms with Crippen LogP contribution < -0.4 is 5.56 Å². The summed E-state index contributed by atoms with van der Waals surface area (Å²) in [6, 6.07) is 15.6. The summed E-state index contributed by atoms with van der Waals surface area (Å²) in [5, 5.41) is 0.498. The van der Waals surface area contributed by atoms with Gasteiger partial charge >= 0.3 is 0 Å². The number of amides is 1. The largest absolute Gasteiger partial charge is 0.339 e. The molecule has 1 aromatic heterocycles. The molecule has 1 aliphatic rings. The van der Waals surface area contributed by atoms with Gasteiger partial charge in [-0.1, -0.05) is 30.3 Å². The average Bonchev–Trinajstić information content (AvgIpc) is 2.67. The summed E-state index contributed by atoms with van der Waals surface area (Å²) in [6.45, 7) is 1.48. The second-order valence-electron chi connectivity index (χ2n) is 6.65. The SMILES string of the molecule is O=C(c1ccc2c(=O)[nH]c(=S)[nH]c2c1)N1CCC(c2ccccc2)CC1. The van der Waals surface area contributed by atoms with E-state index in [1.54, 1.807) is 18.2 Å². The number of hydrogen-bond donors (Lipinski definition) is 2. The number of benzene rings is 2. The fraction of sp³-hybridized carbons (Fsp3) is 0.250. The van der Waals surface area contributed by atoms with Crippen LogP contribution in [0.25, 0.3) is 10.9 Å². The van der Waals surface area contributed by atoms with Crippen molar-refractivity contribution in [3.05, 3.63) is 74.8 Å². The Balaban J connectivity index is 1.53. The predicted molar refractivity (Wildman–Crippen MR) is 104 cm³/mol. The van der Waals surface area contributed by atoms with E-state index in [4.69, 9.17) is 12.2 Å². The highest BCUT2D eigenvalue weighted by Gasteiger charge is 2.24. The quantitative estimate of drug-likeness (QED) is 0.682. The molecule has 1 amide bonds. The van der Waals surface area contributed by atoms with E-state index in [0.717, 1.165) is 25.9 Å². The molecule has 26 heavy (non-hydrogen) atoms. The maximum absolute atomic E-state index is 12.9. The molecule has 1 aliphatic heterocycles. The van der Waals surface area contributed by atoms with Crippen molar-refractivity contribution in [2.24, 2.45) is 0 Å². The molecule has 0 radical (unpaired) electrons. The van der Waals surface area contributed by atoms with Crippen molar-refractivity contribution < 1.29 is 4.79 Å². The molecule has 1 saturated heterocycles. The molecular formula is C20H19N3O2S. The van der Waals surface area contributed by atoms with E-state index in [0.29, 0.717) is 22.4 Å². The third kappa shape index (κ3) is 3.20. The Morgan fingerprint density at radius 3 is 2.50 bits per heavy atom. The van der Waals surface area contributed by atoms with Gasteiger partial charge in [-0.15, -0.1) is 0 Å². The highest BCUT2D eigenvalue weighted by molar-refractivity contribution is 7.71. The van der Waals surface area contributed by atoms with Crippen LogP contribution in [0.15, 0.2) is 53.3 Å². The number of piperidine rings is 1. The molecule has 0 bridgehead atoms. The average molecular weight is 365 g/mol. The Hall–Kier alpha value is -2.73. The molecule has 2 N–H and O–H groups in total. The lowest BCUT2D eigenvalue weighted by Crippen LogP contribution is -2.37. The van der Waals surface area contributed by atoms with Gasteiger partial charge in [0, 0.05) is 18.7 Å². The lowest BCUT2D eigenvalue weighted by atomic mass is 9.89. The van der Waals surface area contributed by atoms with Crippen molar-refractivity contribution in [2.75, 3.05) is 13.1 Å². The molecule has 6 heteroatoms. The normalized spacial score (nSPS) is 15.3. The van der Waals surface area contributed by atoms with E-state index in [1.807, 2.05) is 11.0 Å². The topological polar surface area (TPSA) is 69.0 Å². The third-order valence-corrected chi connectivity index (χ3v) is 5.24. The smallest absolute Gasteiger partial charge is 0.259 e. The number of likely N-dealkylation sites (tertiary alicyclic amines) is 1. The van der Waals surface area contributed by atoms with Crippen molar-refractivity contribution in [2.45, 2.75) is 18.8 Å². The second kappa shape index (κ2) is 6.88. The van der Waals surface area contributed by atoms with Crippen LogP contribution in [-0.2, 0) is 0 Å². The van der Waals surface area contributed by atoms with E-state index in [-0.39, 0.29) is 16.2 Å². The molecule has 3 aromatic rings. The van der Waals surface area contributed by atoms with Crippen LogP contribution in [0.1, 0.15) is 34.7 Å². The molecule has 0 unspecified atom stereocenters. The Morgan fingerprint density at radius 2 is 1.77 bits per heavy atom. The first kappa shape index (κ1) is 16.7. The first-order valence-electron chi connectivity index (χ1n) is 8.72. The van der Waals surface area contributed by atoms with Gasteiger partial charge < -0.3 is 9.88 Å². The summed E-state index contributed by atoms with van der Waals surface area (Å²) in [7, 11) is 0. The number of aromatic amines is 2. The summed E-state index contributed by atoms with van der Waals surface area (Å²) >= 11 is 5.01. The van der Waals surface area contributed by atoms with E-state index >= 15 is 0 Å². The van der Waals surface area contributed by atoms with Gasteiger partial charge in [-0.05, 0) is 54.7 Å². The minimum Gasteiger partial charge on any atom is -0.339 e. The van der Waals surface area contributed by atoms with Gasteiger partial charge in [-0.2, -0.15) is 0 Å². The van der Waals surface area contributed by atoms with Crippen LogP contribution in [0, 0.1) is 4.77 Å². The molecule has 0 saturated carbocycles. The maximum Gasteiger partial charge on any atom is 0.259 e. The number of H-pyrrole nitrogens is 2. The Morgan fingerprint density at radius 1 is 1.04 bits per heavy atom. The van der Waals surface area contributed by atoms with Crippen LogP contribution in [0.5, 0.6) is 0 Å². The molecule has 2 heterocycles. The standard InChI is InChI=1S/C20H19N3O2S/c24-18-16-7-6-15(12-17(16)21-20(26)22-18)19(25)23-10-8-14(9-11-23)13-4-2-1-3-5-13/h1-7,12,14H,8-11H2,(H2,21,22,24,26). The maximum atomic E-state index is 12.9. The van der Waals surface area contributed by atoms with Crippen LogP contribution in [-0.4, -0.2) is 33.9 Å². The third-order valence-electron chi connectivity index (χ3n) is 5.04. The zero-order valence-corrected chi connectivity index (χ0v) is 15.0. The first-order valence-corrected chi connectivity index (χ1v) is 9.13. The highest BCUT2D eigenvalue weighted by Crippen LogP contribution is 2.28. The summed E-state index contributed by atoms with van der Waals surface area (Å²) < 4.78 is 0.260. The summed E-state index contributed by atoms with van der Waals surface area (Å²) in [6.07, 6.45) is 1.93. The van der Waals surface area contributed by atoms with Gasteiger partial charge in [0.15, 0.2) is 4.77 Å². The lowest BCUT2D eigenvalue weighted by Gasteiger charge is -2.32. The first-order chi connectivity index (χ1) is 12.6. The molecular weight excluding hydrogens is 346 g/mol.